The average Bonchev–Trinajstić information content (AvgIpc) is 3.26. The van der Waals surface area contributed by atoms with Gasteiger partial charge in [-0.15, -0.1) is 0 Å². The maximum absolute atomic E-state index is 12.7. The number of cyclic esters (lactones) is 1. The van der Waals surface area contributed by atoms with Crippen molar-refractivity contribution in [3.63, 3.8) is 0 Å². The molecule has 0 saturated carbocycles. The highest BCUT2D eigenvalue weighted by molar-refractivity contribution is 7.80. The first-order chi connectivity index (χ1) is 12.5. The molecule has 8 heteroatoms. The van der Waals surface area contributed by atoms with Crippen LogP contribution in [0.5, 0.6) is 0 Å². The monoisotopic (exact) mass is 386 g/mol. The molecule has 7 nitrogen and oxygen atoms in total. The standard InChI is InChI=1S/C18H34N4O3S/c1-3-12(2)15(20-9-13(19)11-26)10-22-7-4-5-16(22)17(23)21-14-6-8-25-18(14)24/h12-16,20,26H,3-11,19H2,1-2H3,(H,21,23)/t12-,13+,14-,15+,16-/m0/s1. The summed E-state index contributed by atoms with van der Waals surface area (Å²) in [5.74, 6) is 0.757. The molecule has 0 spiro atoms. The van der Waals surface area contributed by atoms with Gasteiger partial charge in [0.05, 0.1) is 12.6 Å². The number of nitrogens with one attached hydrogen (secondary N) is 2. The van der Waals surface area contributed by atoms with Crippen molar-refractivity contribution in [2.45, 2.75) is 63.7 Å². The number of esters is 1. The van der Waals surface area contributed by atoms with Crippen molar-refractivity contribution in [3.8, 4) is 0 Å². The number of carbonyl (C=O) groups excluding carboxylic acids is 2. The van der Waals surface area contributed by atoms with Gasteiger partial charge in [0, 0.05) is 37.3 Å². The second kappa shape index (κ2) is 10.5. The average molecular weight is 387 g/mol. The molecule has 1 amide bonds. The maximum Gasteiger partial charge on any atom is 0.328 e. The van der Waals surface area contributed by atoms with E-state index < -0.39 is 6.04 Å². The number of hydrogen-bond donors (Lipinski definition) is 4. The van der Waals surface area contributed by atoms with Gasteiger partial charge in [-0.3, -0.25) is 9.69 Å². The highest BCUT2D eigenvalue weighted by atomic mass is 32.1. The van der Waals surface area contributed by atoms with Crippen LogP contribution >= 0.6 is 12.6 Å². The molecule has 2 aliphatic heterocycles. The number of likely N-dealkylation sites (tertiary alicyclic amines) is 1. The molecule has 2 saturated heterocycles. The molecular weight excluding hydrogens is 352 g/mol. The predicted octanol–water partition coefficient (Wildman–Crippen LogP) is 0.144. The quantitative estimate of drug-likeness (QED) is 0.315. The molecule has 0 bridgehead atoms. The van der Waals surface area contributed by atoms with Crippen LogP contribution in [0, 0.1) is 5.92 Å². The topological polar surface area (TPSA) is 96.7 Å². The summed E-state index contributed by atoms with van der Waals surface area (Å²) in [6.07, 6.45) is 3.45. The van der Waals surface area contributed by atoms with Crippen LogP contribution < -0.4 is 16.4 Å². The van der Waals surface area contributed by atoms with Gasteiger partial charge in [-0.05, 0) is 25.3 Å². The van der Waals surface area contributed by atoms with Crippen molar-refractivity contribution in [2.75, 3.05) is 32.0 Å². The molecule has 0 aliphatic carbocycles. The second-order valence-electron chi connectivity index (χ2n) is 7.51. The maximum atomic E-state index is 12.7. The molecule has 4 N–H and O–H groups in total. The number of carbonyl (C=O) groups is 2. The van der Waals surface area contributed by atoms with Gasteiger partial charge in [0.2, 0.25) is 5.91 Å². The molecule has 2 rings (SSSR count). The molecule has 26 heavy (non-hydrogen) atoms. The fourth-order valence-corrected chi connectivity index (χ4v) is 3.72. The van der Waals surface area contributed by atoms with E-state index in [1.165, 1.54) is 0 Å². The van der Waals surface area contributed by atoms with E-state index in [-0.39, 0.29) is 30.0 Å². The van der Waals surface area contributed by atoms with E-state index in [1.807, 2.05) is 0 Å². The van der Waals surface area contributed by atoms with Gasteiger partial charge < -0.3 is 21.1 Å². The summed E-state index contributed by atoms with van der Waals surface area (Å²) >= 11 is 4.25. The molecule has 0 aromatic carbocycles. The third kappa shape index (κ3) is 5.84. The molecule has 150 valence electrons. The number of nitrogens with zero attached hydrogens (tertiary/aromatic N) is 1. The lowest BCUT2D eigenvalue weighted by Gasteiger charge is -2.32. The van der Waals surface area contributed by atoms with Gasteiger partial charge in [0.1, 0.15) is 6.04 Å². The number of nitrogens with two attached hydrogens (primary N) is 1. The molecule has 0 unspecified atom stereocenters. The molecule has 0 aromatic rings. The fraction of sp³-hybridized carbons (Fsp3) is 0.889. The largest absolute Gasteiger partial charge is 0.464 e. The highest BCUT2D eigenvalue weighted by Gasteiger charge is 2.36. The Kier molecular flexibility index (Phi) is 8.66. The third-order valence-corrected chi connectivity index (χ3v) is 6.03. The van der Waals surface area contributed by atoms with E-state index >= 15 is 0 Å². The van der Waals surface area contributed by atoms with E-state index in [9.17, 15) is 9.59 Å². The zero-order valence-electron chi connectivity index (χ0n) is 15.9. The van der Waals surface area contributed by atoms with E-state index in [1.54, 1.807) is 0 Å². The Labute approximate surface area is 162 Å². The van der Waals surface area contributed by atoms with Gasteiger partial charge in [0.25, 0.3) is 0 Å². The first kappa shape index (κ1) is 21.5. The van der Waals surface area contributed by atoms with Crippen LogP contribution in [0.3, 0.4) is 0 Å². The summed E-state index contributed by atoms with van der Waals surface area (Å²) in [4.78, 5) is 26.5. The van der Waals surface area contributed by atoms with E-state index in [4.69, 9.17) is 10.5 Å². The van der Waals surface area contributed by atoms with Crippen LogP contribution in [0.1, 0.15) is 39.5 Å². The summed E-state index contributed by atoms with van der Waals surface area (Å²) in [7, 11) is 0. The van der Waals surface area contributed by atoms with Crippen LogP contribution in [0.2, 0.25) is 0 Å². The van der Waals surface area contributed by atoms with E-state index in [0.29, 0.717) is 24.7 Å². The van der Waals surface area contributed by atoms with Crippen molar-refractivity contribution in [2.24, 2.45) is 11.7 Å². The summed E-state index contributed by atoms with van der Waals surface area (Å²) in [5.41, 5.74) is 5.99. The predicted molar refractivity (Wildman–Crippen MR) is 105 cm³/mol. The van der Waals surface area contributed by atoms with Gasteiger partial charge >= 0.3 is 5.97 Å². The number of hydrogen-bond acceptors (Lipinski definition) is 7. The number of ether oxygens (including phenoxy) is 1. The lowest BCUT2D eigenvalue weighted by Crippen LogP contribution is -2.53. The van der Waals surface area contributed by atoms with Crippen LogP contribution in [0.25, 0.3) is 0 Å². The van der Waals surface area contributed by atoms with Crippen LogP contribution in [-0.4, -0.2) is 72.9 Å². The van der Waals surface area contributed by atoms with Crippen molar-refractivity contribution >= 4 is 24.5 Å². The van der Waals surface area contributed by atoms with Crippen LogP contribution in [0.4, 0.5) is 0 Å². The number of amides is 1. The Morgan fingerprint density at radius 2 is 2.23 bits per heavy atom. The van der Waals surface area contributed by atoms with Gasteiger partial charge in [-0.1, -0.05) is 20.3 Å². The van der Waals surface area contributed by atoms with Crippen LogP contribution in [-0.2, 0) is 14.3 Å². The Hall–Kier alpha value is -0.830. The summed E-state index contributed by atoms with van der Waals surface area (Å²) in [6, 6.07) is -0.358. The molecule has 2 aliphatic rings. The van der Waals surface area contributed by atoms with E-state index in [2.05, 4.69) is 42.0 Å². The summed E-state index contributed by atoms with van der Waals surface area (Å²) in [5, 5.41) is 6.44. The fourth-order valence-electron chi connectivity index (χ4n) is 3.59. The molecule has 5 atom stereocenters. The van der Waals surface area contributed by atoms with Gasteiger partial charge in [-0.25, -0.2) is 4.79 Å². The third-order valence-electron chi connectivity index (χ3n) is 5.56. The Morgan fingerprint density at radius 1 is 1.46 bits per heavy atom. The van der Waals surface area contributed by atoms with Crippen LogP contribution in [0.15, 0.2) is 0 Å². The second-order valence-corrected chi connectivity index (χ2v) is 7.88. The first-order valence-corrected chi connectivity index (χ1v) is 10.4. The lowest BCUT2D eigenvalue weighted by molar-refractivity contribution is -0.142. The summed E-state index contributed by atoms with van der Waals surface area (Å²) in [6.45, 7) is 7.23. The molecule has 0 aromatic heterocycles. The normalized spacial score (nSPS) is 27.2. The zero-order chi connectivity index (χ0) is 19.1. The smallest absolute Gasteiger partial charge is 0.328 e. The number of thiol groups is 1. The Morgan fingerprint density at radius 3 is 2.85 bits per heavy atom. The van der Waals surface area contributed by atoms with Crippen molar-refractivity contribution in [1.82, 2.24) is 15.5 Å². The summed E-state index contributed by atoms with van der Waals surface area (Å²) < 4.78 is 4.94. The first-order valence-electron chi connectivity index (χ1n) is 9.77. The van der Waals surface area contributed by atoms with Crippen molar-refractivity contribution in [1.29, 1.82) is 0 Å². The number of rotatable bonds is 10. The highest BCUT2D eigenvalue weighted by Crippen LogP contribution is 2.21. The minimum Gasteiger partial charge on any atom is -0.464 e. The molecule has 2 fully saturated rings. The molecular formula is C18H34N4O3S. The SMILES string of the molecule is CC[C@H](C)[C@@H](CN1CCC[C@H]1C(=O)N[C@H]1CCOC1=O)NC[C@@H](N)CS. The van der Waals surface area contributed by atoms with E-state index in [0.717, 1.165) is 38.9 Å². The van der Waals surface area contributed by atoms with Gasteiger partial charge in [-0.2, -0.15) is 12.6 Å². The van der Waals surface area contributed by atoms with Crippen molar-refractivity contribution < 1.29 is 14.3 Å². The Balaban J connectivity index is 1.93. The lowest BCUT2D eigenvalue weighted by atomic mass is 9.98. The van der Waals surface area contributed by atoms with Crippen molar-refractivity contribution in [3.05, 3.63) is 0 Å². The Bertz CT molecular complexity index is 479. The molecule has 0 radical (unpaired) electrons. The minimum absolute atomic E-state index is 0.0240. The minimum atomic E-state index is -0.484. The zero-order valence-corrected chi connectivity index (χ0v) is 16.8. The van der Waals surface area contributed by atoms with Gasteiger partial charge in [0.15, 0.2) is 0 Å². The molecule has 2 heterocycles.